The van der Waals surface area contributed by atoms with Crippen LogP contribution in [-0.2, 0) is 28.0 Å². The SMILES string of the molecule is c1c(C23CCC(C4NC5COC4C5)(COC2)N3)cn2c1CCC2. The van der Waals surface area contributed by atoms with Crippen LogP contribution >= 0.6 is 0 Å². The first kappa shape index (κ1) is 13.4. The molecule has 5 aliphatic heterocycles. The standard InChI is InChI=1S/C18H25N3O2/c1-2-14-6-12(8-21(14)5-1)17-3-4-18(20-17,11-22-10-17)16-15-7-13(19-16)9-23-15/h6,8,13,15-16,19-20H,1-5,7,9-11H2. The minimum absolute atomic E-state index is 0.0130. The summed E-state index contributed by atoms with van der Waals surface area (Å²) in [6, 6.07) is 3.38. The van der Waals surface area contributed by atoms with Gasteiger partial charge in [-0.25, -0.2) is 0 Å². The monoisotopic (exact) mass is 315 g/mol. The molecule has 6 rings (SSSR count). The first-order valence-electron chi connectivity index (χ1n) is 9.21. The molecule has 0 aliphatic carbocycles. The Bertz CT molecular complexity index is 637. The van der Waals surface area contributed by atoms with Gasteiger partial charge in [-0.2, -0.15) is 0 Å². The van der Waals surface area contributed by atoms with E-state index in [1.165, 1.54) is 49.9 Å². The number of aryl methyl sites for hydroxylation is 2. The van der Waals surface area contributed by atoms with Gasteiger partial charge in [0.15, 0.2) is 0 Å². The van der Waals surface area contributed by atoms with Crippen molar-refractivity contribution in [3.63, 3.8) is 0 Å². The maximum atomic E-state index is 6.17. The molecule has 23 heavy (non-hydrogen) atoms. The van der Waals surface area contributed by atoms with Crippen LogP contribution < -0.4 is 10.6 Å². The van der Waals surface area contributed by atoms with Crippen LogP contribution in [0.4, 0.5) is 0 Å². The summed E-state index contributed by atoms with van der Waals surface area (Å²) in [7, 11) is 0. The van der Waals surface area contributed by atoms with E-state index >= 15 is 0 Å². The third-order valence-electron chi connectivity index (χ3n) is 6.98. The fourth-order valence-corrected chi connectivity index (χ4v) is 5.83. The van der Waals surface area contributed by atoms with Crippen molar-refractivity contribution in [2.24, 2.45) is 0 Å². The number of rotatable bonds is 2. The highest BCUT2D eigenvalue weighted by molar-refractivity contribution is 5.33. The largest absolute Gasteiger partial charge is 0.377 e. The van der Waals surface area contributed by atoms with Gasteiger partial charge in [-0.05, 0) is 43.7 Å². The lowest BCUT2D eigenvalue weighted by Gasteiger charge is -2.46. The molecule has 124 valence electrons. The molecule has 4 fully saturated rings. The summed E-state index contributed by atoms with van der Waals surface area (Å²) in [6.07, 6.45) is 8.78. The van der Waals surface area contributed by atoms with Crippen LogP contribution in [0, 0.1) is 0 Å². The van der Waals surface area contributed by atoms with Crippen molar-refractivity contribution < 1.29 is 9.47 Å². The van der Waals surface area contributed by atoms with Gasteiger partial charge < -0.3 is 19.4 Å². The Morgan fingerprint density at radius 2 is 2.26 bits per heavy atom. The van der Waals surface area contributed by atoms with Crippen molar-refractivity contribution in [1.82, 2.24) is 15.2 Å². The first-order valence-corrected chi connectivity index (χ1v) is 9.21. The summed E-state index contributed by atoms with van der Waals surface area (Å²) in [5.41, 5.74) is 3.00. The molecule has 1 aromatic heterocycles. The van der Waals surface area contributed by atoms with Crippen LogP contribution in [0.1, 0.15) is 36.9 Å². The summed E-state index contributed by atoms with van der Waals surface area (Å²) in [5.74, 6) is 0. The number of hydrogen-bond donors (Lipinski definition) is 2. The van der Waals surface area contributed by atoms with Gasteiger partial charge >= 0.3 is 0 Å². The number of hydrogen-bond acceptors (Lipinski definition) is 4. The second-order valence-electron chi connectivity index (χ2n) is 8.32. The lowest BCUT2D eigenvalue weighted by molar-refractivity contribution is -0.0531. The van der Waals surface area contributed by atoms with Crippen LogP contribution in [0.3, 0.4) is 0 Å². The van der Waals surface area contributed by atoms with E-state index in [4.69, 9.17) is 9.47 Å². The van der Waals surface area contributed by atoms with Crippen LogP contribution in [0.25, 0.3) is 0 Å². The van der Waals surface area contributed by atoms with Gasteiger partial charge in [-0.15, -0.1) is 0 Å². The van der Waals surface area contributed by atoms with E-state index in [0.717, 1.165) is 19.8 Å². The predicted octanol–water partition coefficient (Wildman–Crippen LogP) is 0.911. The Balaban J connectivity index is 1.34. The summed E-state index contributed by atoms with van der Waals surface area (Å²) in [5, 5.41) is 7.88. The summed E-state index contributed by atoms with van der Waals surface area (Å²) >= 11 is 0. The van der Waals surface area contributed by atoms with Gasteiger partial charge in [0.2, 0.25) is 0 Å². The topological polar surface area (TPSA) is 47.4 Å². The van der Waals surface area contributed by atoms with Gasteiger partial charge in [0.05, 0.1) is 43.0 Å². The number of nitrogens with one attached hydrogen (secondary N) is 2. The van der Waals surface area contributed by atoms with E-state index in [0.29, 0.717) is 18.2 Å². The fraction of sp³-hybridized carbons (Fsp3) is 0.778. The summed E-state index contributed by atoms with van der Waals surface area (Å²) in [6.45, 7) is 3.68. The third-order valence-corrected chi connectivity index (χ3v) is 6.98. The first-order chi connectivity index (χ1) is 11.3. The minimum Gasteiger partial charge on any atom is -0.377 e. The Kier molecular flexibility index (Phi) is 2.56. The summed E-state index contributed by atoms with van der Waals surface area (Å²) in [4.78, 5) is 0. The van der Waals surface area contributed by atoms with Gasteiger partial charge in [0.1, 0.15) is 0 Å². The molecule has 5 nitrogen and oxygen atoms in total. The molecule has 0 saturated carbocycles. The van der Waals surface area contributed by atoms with Crippen molar-refractivity contribution in [2.75, 3.05) is 19.8 Å². The number of morpholine rings is 2. The predicted molar refractivity (Wildman–Crippen MR) is 85.4 cm³/mol. The van der Waals surface area contributed by atoms with Crippen molar-refractivity contribution in [1.29, 1.82) is 0 Å². The van der Waals surface area contributed by atoms with Gasteiger partial charge in [0, 0.05) is 24.5 Å². The molecular formula is C18H25N3O2. The average Bonchev–Trinajstić information content (AvgIpc) is 3.33. The number of aromatic nitrogens is 1. The molecule has 5 atom stereocenters. The Morgan fingerprint density at radius 3 is 3.09 bits per heavy atom. The molecular weight excluding hydrogens is 290 g/mol. The molecule has 5 unspecified atom stereocenters. The van der Waals surface area contributed by atoms with E-state index in [2.05, 4.69) is 27.5 Å². The Labute approximate surface area is 136 Å². The molecule has 1 aromatic rings. The van der Waals surface area contributed by atoms with Crippen LogP contribution in [0.2, 0.25) is 0 Å². The normalized spacial score (nSPS) is 47.4. The van der Waals surface area contributed by atoms with Gasteiger partial charge in [-0.1, -0.05) is 0 Å². The van der Waals surface area contributed by atoms with E-state index in [1.54, 1.807) is 0 Å². The van der Waals surface area contributed by atoms with Gasteiger partial charge in [-0.3, -0.25) is 5.32 Å². The molecule has 0 amide bonds. The maximum absolute atomic E-state index is 6.17. The van der Waals surface area contributed by atoms with E-state index in [-0.39, 0.29) is 11.1 Å². The molecule has 2 N–H and O–H groups in total. The maximum Gasteiger partial charge on any atom is 0.0763 e. The fourth-order valence-electron chi connectivity index (χ4n) is 5.83. The second-order valence-corrected chi connectivity index (χ2v) is 8.32. The molecule has 0 radical (unpaired) electrons. The molecule has 4 saturated heterocycles. The van der Waals surface area contributed by atoms with E-state index in [1.807, 2.05) is 0 Å². The number of ether oxygens (including phenoxy) is 2. The van der Waals surface area contributed by atoms with Crippen molar-refractivity contribution >= 4 is 0 Å². The van der Waals surface area contributed by atoms with Crippen LogP contribution in [0.15, 0.2) is 12.3 Å². The van der Waals surface area contributed by atoms with Crippen molar-refractivity contribution in [3.8, 4) is 0 Å². The van der Waals surface area contributed by atoms with Crippen LogP contribution in [-0.4, -0.2) is 48.1 Å². The Morgan fingerprint density at radius 1 is 1.26 bits per heavy atom. The highest BCUT2D eigenvalue weighted by Crippen LogP contribution is 2.47. The molecule has 4 bridgehead atoms. The van der Waals surface area contributed by atoms with Gasteiger partial charge in [0.25, 0.3) is 0 Å². The highest BCUT2D eigenvalue weighted by Gasteiger charge is 2.60. The lowest BCUT2D eigenvalue weighted by Crippen LogP contribution is -2.69. The Hall–Kier alpha value is -0.880. The zero-order chi connectivity index (χ0) is 15.1. The number of nitrogens with zero attached hydrogens (tertiary/aromatic N) is 1. The smallest absolute Gasteiger partial charge is 0.0763 e. The summed E-state index contributed by atoms with van der Waals surface area (Å²) < 4.78 is 14.6. The molecule has 5 heteroatoms. The molecule has 0 aromatic carbocycles. The van der Waals surface area contributed by atoms with Crippen molar-refractivity contribution in [3.05, 3.63) is 23.5 Å². The molecule has 6 heterocycles. The second kappa shape index (κ2) is 4.39. The average molecular weight is 315 g/mol. The number of fused-ring (bicyclic) bond motifs is 5. The zero-order valence-corrected chi connectivity index (χ0v) is 13.5. The quantitative estimate of drug-likeness (QED) is 0.852. The van der Waals surface area contributed by atoms with E-state index < -0.39 is 0 Å². The zero-order valence-electron chi connectivity index (χ0n) is 13.5. The van der Waals surface area contributed by atoms with Crippen molar-refractivity contribution in [2.45, 2.75) is 67.9 Å². The molecule has 5 aliphatic rings. The van der Waals surface area contributed by atoms with E-state index in [9.17, 15) is 0 Å². The lowest BCUT2D eigenvalue weighted by atomic mass is 9.86. The van der Waals surface area contributed by atoms with Crippen LogP contribution in [0.5, 0.6) is 0 Å². The molecule has 0 spiro atoms. The minimum atomic E-state index is 0.0130. The third kappa shape index (κ3) is 1.71. The highest BCUT2D eigenvalue weighted by atomic mass is 16.5.